The SMILES string of the molecule is CC(C)(C)c1noc(CSCc2ccc(C(N)=O)cc2)n1. The zero-order valence-electron chi connectivity index (χ0n) is 12.4. The Morgan fingerprint density at radius 1 is 1.24 bits per heavy atom. The minimum atomic E-state index is -0.408. The molecule has 0 saturated heterocycles. The first-order valence-corrected chi connectivity index (χ1v) is 7.81. The van der Waals surface area contributed by atoms with Crippen LogP contribution in [0.1, 0.15) is 48.4 Å². The Morgan fingerprint density at radius 2 is 1.90 bits per heavy atom. The van der Waals surface area contributed by atoms with Crippen molar-refractivity contribution < 1.29 is 9.32 Å². The molecule has 2 aromatic rings. The lowest BCUT2D eigenvalue weighted by Gasteiger charge is -2.10. The van der Waals surface area contributed by atoms with Gasteiger partial charge in [-0.2, -0.15) is 4.98 Å². The van der Waals surface area contributed by atoms with Gasteiger partial charge in [0.2, 0.25) is 11.8 Å². The van der Waals surface area contributed by atoms with Gasteiger partial charge in [-0.15, -0.1) is 11.8 Å². The number of amides is 1. The van der Waals surface area contributed by atoms with Gasteiger partial charge in [0.1, 0.15) is 0 Å². The molecular formula is C15H19N3O2S. The number of benzene rings is 1. The fourth-order valence-corrected chi connectivity index (χ4v) is 2.46. The highest BCUT2D eigenvalue weighted by Gasteiger charge is 2.20. The number of rotatable bonds is 5. The van der Waals surface area contributed by atoms with E-state index in [1.807, 2.05) is 12.1 Å². The highest BCUT2D eigenvalue weighted by atomic mass is 32.2. The topological polar surface area (TPSA) is 82.0 Å². The Labute approximate surface area is 128 Å². The summed E-state index contributed by atoms with van der Waals surface area (Å²) in [6.07, 6.45) is 0. The van der Waals surface area contributed by atoms with Crippen LogP contribution in [0.5, 0.6) is 0 Å². The van der Waals surface area contributed by atoms with Crippen LogP contribution >= 0.6 is 11.8 Å². The average molecular weight is 305 g/mol. The van der Waals surface area contributed by atoms with Crippen molar-refractivity contribution in [3.05, 3.63) is 47.1 Å². The van der Waals surface area contributed by atoms with Gasteiger partial charge in [0, 0.05) is 16.7 Å². The molecule has 112 valence electrons. The standard InChI is InChI=1S/C15H19N3O2S/c1-15(2,3)14-17-12(20-18-14)9-21-8-10-4-6-11(7-5-10)13(16)19/h4-7H,8-9H2,1-3H3,(H2,16,19). The van der Waals surface area contributed by atoms with E-state index in [4.69, 9.17) is 10.3 Å². The van der Waals surface area contributed by atoms with Gasteiger partial charge in [-0.1, -0.05) is 38.1 Å². The van der Waals surface area contributed by atoms with Crippen LogP contribution < -0.4 is 5.73 Å². The van der Waals surface area contributed by atoms with Gasteiger partial charge in [0.15, 0.2) is 5.82 Å². The van der Waals surface area contributed by atoms with Crippen LogP contribution in [0.3, 0.4) is 0 Å². The van der Waals surface area contributed by atoms with Gasteiger partial charge >= 0.3 is 0 Å². The first-order chi connectivity index (χ1) is 9.86. The largest absolute Gasteiger partial charge is 0.366 e. The van der Waals surface area contributed by atoms with Crippen molar-refractivity contribution in [3.8, 4) is 0 Å². The van der Waals surface area contributed by atoms with Gasteiger partial charge in [0.25, 0.3) is 0 Å². The summed E-state index contributed by atoms with van der Waals surface area (Å²) in [5.41, 5.74) is 6.75. The summed E-state index contributed by atoms with van der Waals surface area (Å²) in [5, 5.41) is 3.99. The van der Waals surface area contributed by atoms with Gasteiger partial charge in [-0.3, -0.25) is 4.79 Å². The Hall–Kier alpha value is -1.82. The summed E-state index contributed by atoms with van der Waals surface area (Å²) in [6.45, 7) is 6.15. The molecule has 2 rings (SSSR count). The highest BCUT2D eigenvalue weighted by Crippen LogP contribution is 2.21. The lowest BCUT2D eigenvalue weighted by Crippen LogP contribution is -2.13. The van der Waals surface area contributed by atoms with Crippen LogP contribution in [0, 0.1) is 0 Å². The molecule has 0 saturated carbocycles. The first-order valence-electron chi connectivity index (χ1n) is 6.66. The molecule has 5 nitrogen and oxygen atoms in total. The van der Waals surface area contributed by atoms with Crippen molar-refractivity contribution in [2.75, 3.05) is 0 Å². The van der Waals surface area contributed by atoms with E-state index in [-0.39, 0.29) is 5.41 Å². The Bertz CT molecular complexity index is 615. The molecule has 2 N–H and O–H groups in total. The molecule has 0 unspecified atom stereocenters. The van der Waals surface area contributed by atoms with Crippen LogP contribution in [0.2, 0.25) is 0 Å². The first kappa shape index (κ1) is 15.6. The molecule has 0 aliphatic rings. The Balaban J connectivity index is 1.86. The number of hydrogen-bond donors (Lipinski definition) is 1. The van der Waals surface area contributed by atoms with E-state index in [1.165, 1.54) is 0 Å². The smallest absolute Gasteiger partial charge is 0.248 e. The summed E-state index contributed by atoms with van der Waals surface area (Å²) < 4.78 is 5.24. The number of carbonyl (C=O) groups excluding carboxylic acids is 1. The number of thioether (sulfide) groups is 1. The molecule has 0 spiro atoms. The Kier molecular flexibility index (Phi) is 4.67. The van der Waals surface area contributed by atoms with Crippen molar-refractivity contribution in [3.63, 3.8) is 0 Å². The maximum absolute atomic E-state index is 11.0. The molecule has 0 radical (unpaired) electrons. The van der Waals surface area contributed by atoms with E-state index in [0.29, 0.717) is 17.2 Å². The fraction of sp³-hybridized carbons (Fsp3) is 0.400. The molecule has 0 bridgehead atoms. The van der Waals surface area contributed by atoms with E-state index in [9.17, 15) is 4.79 Å². The van der Waals surface area contributed by atoms with Gasteiger partial charge in [-0.05, 0) is 17.7 Å². The summed E-state index contributed by atoms with van der Waals surface area (Å²) in [7, 11) is 0. The number of nitrogens with zero attached hydrogens (tertiary/aromatic N) is 2. The third-order valence-electron chi connectivity index (χ3n) is 2.87. The minimum absolute atomic E-state index is 0.100. The lowest BCUT2D eigenvalue weighted by molar-refractivity contribution is 0.100. The monoisotopic (exact) mass is 305 g/mol. The molecule has 1 heterocycles. The summed E-state index contributed by atoms with van der Waals surface area (Å²) in [5.74, 6) is 2.43. The van der Waals surface area contributed by atoms with Crippen molar-refractivity contribution >= 4 is 17.7 Å². The second-order valence-electron chi connectivity index (χ2n) is 5.82. The third-order valence-corrected chi connectivity index (χ3v) is 3.86. The Morgan fingerprint density at radius 3 is 2.43 bits per heavy atom. The van der Waals surface area contributed by atoms with E-state index in [1.54, 1.807) is 23.9 Å². The average Bonchev–Trinajstić information content (AvgIpc) is 2.88. The second-order valence-corrected chi connectivity index (χ2v) is 6.80. The third kappa shape index (κ3) is 4.32. The molecule has 1 aromatic carbocycles. The zero-order valence-corrected chi connectivity index (χ0v) is 13.2. The predicted molar refractivity (Wildman–Crippen MR) is 83.0 cm³/mol. The van der Waals surface area contributed by atoms with E-state index < -0.39 is 5.91 Å². The van der Waals surface area contributed by atoms with E-state index in [2.05, 4.69) is 30.9 Å². The van der Waals surface area contributed by atoms with Crippen LogP contribution in [0.4, 0.5) is 0 Å². The second kappa shape index (κ2) is 6.30. The summed E-state index contributed by atoms with van der Waals surface area (Å²) in [6, 6.07) is 7.29. The summed E-state index contributed by atoms with van der Waals surface area (Å²) in [4.78, 5) is 15.4. The normalized spacial score (nSPS) is 11.6. The zero-order chi connectivity index (χ0) is 15.5. The number of carbonyl (C=O) groups is 1. The maximum Gasteiger partial charge on any atom is 0.248 e. The van der Waals surface area contributed by atoms with Gasteiger partial charge in [0.05, 0.1) is 5.75 Å². The van der Waals surface area contributed by atoms with Crippen LogP contribution in [0.25, 0.3) is 0 Å². The van der Waals surface area contributed by atoms with E-state index in [0.717, 1.165) is 17.1 Å². The molecule has 21 heavy (non-hydrogen) atoms. The molecule has 0 fully saturated rings. The minimum Gasteiger partial charge on any atom is -0.366 e. The van der Waals surface area contributed by atoms with Crippen LogP contribution in [-0.2, 0) is 16.9 Å². The quantitative estimate of drug-likeness (QED) is 0.918. The maximum atomic E-state index is 11.0. The van der Waals surface area contributed by atoms with Crippen molar-refractivity contribution in [2.24, 2.45) is 5.73 Å². The van der Waals surface area contributed by atoms with E-state index >= 15 is 0 Å². The number of hydrogen-bond acceptors (Lipinski definition) is 5. The van der Waals surface area contributed by atoms with Gasteiger partial charge in [-0.25, -0.2) is 0 Å². The predicted octanol–water partition coefficient (Wildman–Crippen LogP) is 2.90. The number of aromatic nitrogens is 2. The summed E-state index contributed by atoms with van der Waals surface area (Å²) >= 11 is 1.69. The molecule has 1 aromatic heterocycles. The number of nitrogens with two attached hydrogens (primary N) is 1. The van der Waals surface area contributed by atoms with Crippen molar-refractivity contribution in [2.45, 2.75) is 37.7 Å². The number of primary amides is 1. The van der Waals surface area contributed by atoms with Crippen LogP contribution in [-0.4, -0.2) is 16.0 Å². The van der Waals surface area contributed by atoms with Crippen molar-refractivity contribution in [1.29, 1.82) is 0 Å². The van der Waals surface area contributed by atoms with Gasteiger partial charge < -0.3 is 10.3 Å². The molecule has 1 amide bonds. The van der Waals surface area contributed by atoms with Crippen LogP contribution in [0.15, 0.2) is 28.8 Å². The fourth-order valence-electron chi connectivity index (χ4n) is 1.64. The lowest BCUT2D eigenvalue weighted by atomic mass is 9.96. The molecular weight excluding hydrogens is 286 g/mol. The highest BCUT2D eigenvalue weighted by molar-refractivity contribution is 7.97. The van der Waals surface area contributed by atoms with Crippen molar-refractivity contribution in [1.82, 2.24) is 10.1 Å². The molecule has 0 aliphatic carbocycles. The molecule has 0 atom stereocenters. The molecule has 0 aliphatic heterocycles. The molecule has 6 heteroatoms.